The quantitative estimate of drug-likeness (QED) is 0.744. The maximum atomic E-state index is 12.1. The summed E-state index contributed by atoms with van der Waals surface area (Å²) in [6.07, 6.45) is 4.53. The lowest BCUT2D eigenvalue weighted by Gasteiger charge is -2.28. The fourth-order valence-corrected chi connectivity index (χ4v) is 3.64. The molecule has 1 aliphatic rings. The number of rotatable bonds is 5. The van der Waals surface area contributed by atoms with Gasteiger partial charge in [0.2, 0.25) is 5.91 Å². The average molecular weight is 347 g/mol. The van der Waals surface area contributed by atoms with E-state index in [1.807, 2.05) is 36.1 Å². The molecule has 0 atom stereocenters. The molecule has 1 aromatic heterocycles. The highest BCUT2D eigenvalue weighted by Gasteiger charge is 2.25. The van der Waals surface area contributed by atoms with Gasteiger partial charge in [-0.15, -0.1) is 0 Å². The minimum Gasteiger partial charge on any atom is -0.494 e. The molecule has 0 saturated heterocycles. The second-order valence-electron chi connectivity index (χ2n) is 6.31. The van der Waals surface area contributed by atoms with Crippen molar-refractivity contribution in [2.45, 2.75) is 52.1 Å². The van der Waals surface area contributed by atoms with E-state index in [0.717, 1.165) is 35.1 Å². The Morgan fingerprint density at radius 1 is 1.33 bits per heavy atom. The van der Waals surface area contributed by atoms with Gasteiger partial charge in [0, 0.05) is 30.5 Å². The lowest BCUT2D eigenvalue weighted by atomic mass is 10.1. The van der Waals surface area contributed by atoms with E-state index in [0.29, 0.717) is 24.3 Å². The highest BCUT2D eigenvalue weighted by atomic mass is 35.5. The molecular formula is C19H23ClN2O2. The van der Waals surface area contributed by atoms with Crippen LogP contribution in [0.3, 0.4) is 0 Å². The zero-order chi connectivity index (χ0) is 17.1. The fraction of sp³-hybridized carbons (Fsp3) is 0.474. The van der Waals surface area contributed by atoms with Gasteiger partial charge >= 0.3 is 0 Å². The molecular weight excluding hydrogens is 324 g/mol. The molecule has 1 amide bonds. The smallest absolute Gasteiger partial charge is 0.219 e. The third kappa shape index (κ3) is 3.64. The number of hydrogen-bond acceptors (Lipinski definition) is 3. The van der Waals surface area contributed by atoms with Crippen molar-refractivity contribution in [2.75, 3.05) is 6.61 Å². The number of carbonyl (C=O) groups excluding carboxylic acids is 1. The topological polar surface area (TPSA) is 42.4 Å². The van der Waals surface area contributed by atoms with Crippen LogP contribution >= 0.6 is 11.6 Å². The van der Waals surface area contributed by atoms with Gasteiger partial charge in [-0.2, -0.15) is 0 Å². The van der Waals surface area contributed by atoms with Crippen LogP contribution in [0.25, 0.3) is 10.9 Å². The molecule has 24 heavy (non-hydrogen) atoms. The van der Waals surface area contributed by atoms with Crippen molar-refractivity contribution in [3.63, 3.8) is 0 Å². The van der Waals surface area contributed by atoms with Crippen molar-refractivity contribution in [3.8, 4) is 5.75 Å². The number of amides is 1. The summed E-state index contributed by atoms with van der Waals surface area (Å²) >= 11 is 6.38. The average Bonchev–Trinajstić information content (AvgIpc) is 3.07. The van der Waals surface area contributed by atoms with Crippen molar-refractivity contribution in [1.29, 1.82) is 0 Å². The van der Waals surface area contributed by atoms with Gasteiger partial charge in [0.25, 0.3) is 0 Å². The summed E-state index contributed by atoms with van der Waals surface area (Å²) in [5.41, 5.74) is 1.72. The summed E-state index contributed by atoms with van der Waals surface area (Å²) in [5.74, 6) is 0.917. The van der Waals surface area contributed by atoms with E-state index in [-0.39, 0.29) is 5.91 Å². The molecule has 128 valence electrons. The van der Waals surface area contributed by atoms with Crippen LogP contribution in [0.4, 0.5) is 0 Å². The van der Waals surface area contributed by atoms with Crippen LogP contribution in [0.2, 0.25) is 5.15 Å². The maximum Gasteiger partial charge on any atom is 0.219 e. The number of carbonyl (C=O) groups is 1. The predicted octanol–water partition coefficient (Wildman–Crippen LogP) is 4.58. The number of halogens is 1. The minimum absolute atomic E-state index is 0.0983. The van der Waals surface area contributed by atoms with Gasteiger partial charge < -0.3 is 9.64 Å². The monoisotopic (exact) mass is 346 g/mol. The molecule has 0 radical (unpaired) electrons. The molecule has 1 fully saturated rings. The number of ether oxygens (including phenoxy) is 1. The SMILES string of the molecule is CCOc1ccc2nc(Cl)c(CN(C(C)=O)C3CCCC3)cc2c1. The largest absolute Gasteiger partial charge is 0.494 e. The van der Waals surface area contributed by atoms with E-state index in [1.165, 1.54) is 12.8 Å². The Labute approximate surface area is 147 Å². The van der Waals surface area contributed by atoms with Gasteiger partial charge in [-0.25, -0.2) is 4.98 Å². The summed E-state index contributed by atoms with van der Waals surface area (Å²) in [5, 5.41) is 1.45. The normalized spacial score (nSPS) is 15.0. The Morgan fingerprint density at radius 2 is 2.08 bits per heavy atom. The lowest BCUT2D eigenvalue weighted by Crippen LogP contribution is -2.36. The van der Waals surface area contributed by atoms with Crippen LogP contribution in [-0.2, 0) is 11.3 Å². The molecule has 0 bridgehead atoms. The molecule has 0 N–H and O–H groups in total. The third-order valence-electron chi connectivity index (χ3n) is 4.63. The Hall–Kier alpha value is -1.81. The van der Waals surface area contributed by atoms with Crippen molar-refractivity contribution in [3.05, 3.63) is 35.0 Å². The second-order valence-corrected chi connectivity index (χ2v) is 6.67. The van der Waals surface area contributed by atoms with Gasteiger partial charge in [0.05, 0.1) is 12.1 Å². The van der Waals surface area contributed by atoms with E-state index in [2.05, 4.69) is 4.98 Å². The minimum atomic E-state index is 0.0983. The molecule has 1 heterocycles. The highest BCUT2D eigenvalue weighted by molar-refractivity contribution is 6.30. The van der Waals surface area contributed by atoms with Gasteiger partial charge in [-0.1, -0.05) is 24.4 Å². The summed E-state index contributed by atoms with van der Waals surface area (Å²) in [6, 6.07) is 8.13. The number of pyridine rings is 1. The Morgan fingerprint density at radius 3 is 2.75 bits per heavy atom. The van der Waals surface area contributed by atoms with E-state index in [1.54, 1.807) is 6.92 Å². The second kappa shape index (κ2) is 7.39. The number of hydrogen-bond donors (Lipinski definition) is 0. The molecule has 0 unspecified atom stereocenters. The number of fused-ring (bicyclic) bond motifs is 1. The van der Waals surface area contributed by atoms with Crippen LogP contribution in [0.15, 0.2) is 24.3 Å². The predicted molar refractivity (Wildman–Crippen MR) is 96.4 cm³/mol. The third-order valence-corrected chi connectivity index (χ3v) is 4.96. The lowest BCUT2D eigenvalue weighted by molar-refractivity contribution is -0.131. The van der Waals surface area contributed by atoms with Crippen molar-refractivity contribution < 1.29 is 9.53 Å². The Balaban J connectivity index is 1.91. The summed E-state index contributed by atoms with van der Waals surface area (Å²) in [7, 11) is 0. The first kappa shape index (κ1) is 17.0. The number of nitrogens with zero attached hydrogens (tertiary/aromatic N) is 2. The first-order chi connectivity index (χ1) is 11.6. The molecule has 5 heteroatoms. The van der Waals surface area contributed by atoms with E-state index >= 15 is 0 Å². The number of benzene rings is 1. The standard InChI is InChI=1S/C19H23ClN2O2/c1-3-24-17-8-9-18-14(11-17)10-15(19(20)21-18)12-22(13(2)23)16-6-4-5-7-16/h8-11,16H,3-7,12H2,1-2H3. The summed E-state index contributed by atoms with van der Waals surface area (Å²) in [6.45, 7) is 4.73. The van der Waals surface area contributed by atoms with Crippen LogP contribution in [0, 0.1) is 0 Å². The molecule has 1 aliphatic carbocycles. The molecule has 4 nitrogen and oxygen atoms in total. The first-order valence-electron chi connectivity index (χ1n) is 8.57. The molecule has 1 aromatic carbocycles. The van der Waals surface area contributed by atoms with E-state index in [9.17, 15) is 4.79 Å². The van der Waals surface area contributed by atoms with E-state index in [4.69, 9.17) is 16.3 Å². The van der Waals surface area contributed by atoms with Crippen molar-refractivity contribution in [2.24, 2.45) is 0 Å². The van der Waals surface area contributed by atoms with Crippen molar-refractivity contribution >= 4 is 28.4 Å². The fourth-order valence-electron chi connectivity index (χ4n) is 3.44. The zero-order valence-electron chi connectivity index (χ0n) is 14.2. The van der Waals surface area contributed by atoms with Gasteiger partial charge in [0.1, 0.15) is 10.9 Å². The van der Waals surface area contributed by atoms with Gasteiger partial charge in [-0.3, -0.25) is 4.79 Å². The molecule has 2 aromatic rings. The van der Waals surface area contributed by atoms with Crippen LogP contribution in [0.1, 0.15) is 45.1 Å². The molecule has 3 rings (SSSR count). The molecule has 0 aliphatic heterocycles. The number of aromatic nitrogens is 1. The summed E-state index contributed by atoms with van der Waals surface area (Å²) in [4.78, 5) is 18.5. The van der Waals surface area contributed by atoms with Gasteiger partial charge in [0.15, 0.2) is 0 Å². The first-order valence-corrected chi connectivity index (χ1v) is 8.95. The molecule has 0 spiro atoms. The Kier molecular flexibility index (Phi) is 5.24. The molecule has 1 saturated carbocycles. The zero-order valence-corrected chi connectivity index (χ0v) is 15.0. The van der Waals surface area contributed by atoms with Crippen LogP contribution in [0.5, 0.6) is 5.75 Å². The van der Waals surface area contributed by atoms with E-state index < -0.39 is 0 Å². The van der Waals surface area contributed by atoms with Crippen LogP contribution in [-0.4, -0.2) is 28.4 Å². The maximum absolute atomic E-state index is 12.1. The highest BCUT2D eigenvalue weighted by Crippen LogP contribution is 2.29. The van der Waals surface area contributed by atoms with Crippen molar-refractivity contribution in [1.82, 2.24) is 9.88 Å². The van der Waals surface area contributed by atoms with Gasteiger partial charge in [-0.05, 0) is 44.0 Å². The summed E-state index contributed by atoms with van der Waals surface area (Å²) < 4.78 is 5.56. The van der Waals surface area contributed by atoms with Crippen LogP contribution < -0.4 is 4.74 Å². The Bertz CT molecular complexity index is 741.